The highest BCUT2D eigenvalue weighted by Crippen LogP contribution is 2.18. The van der Waals surface area contributed by atoms with Gasteiger partial charge in [0.1, 0.15) is 5.76 Å². The number of aromatic nitrogens is 1. The second kappa shape index (κ2) is 8.70. The summed E-state index contributed by atoms with van der Waals surface area (Å²) in [5, 5.41) is 2.03. The average Bonchev–Trinajstić information content (AvgIpc) is 3.29. The van der Waals surface area contributed by atoms with Gasteiger partial charge in [-0.05, 0) is 41.3 Å². The summed E-state index contributed by atoms with van der Waals surface area (Å²) >= 11 is 3.29. The van der Waals surface area contributed by atoms with Gasteiger partial charge >= 0.3 is 0 Å². The number of pyridine rings is 1. The van der Waals surface area contributed by atoms with Crippen molar-refractivity contribution in [1.82, 2.24) is 9.88 Å². The van der Waals surface area contributed by atoms with Gasteiger partial charge in [0.2, 0.25) is 5.91 Å². The quantitative estimate of drug-likeness (QED) is 0.605. The fourth-order valence-electron chi connectivity index (χ4n) is 2.24. The van der Waals surface area contributed by atoms with E-state index in [4.69, 9.17) is 4.42 Å². The maximum Gasteiger partial charge on any atom is 0.233 e. The lowest BCUT2D eigenvalue weighted by Gasteiger charge is -2.21. The Hall–Kier alpha value is -2.05. The molecule has 0 saturated heterocycles. The minimum atomic E-state index is 0.124. The minimum absolute atomic E-state index is 0.124. The predicted octanol–water partition coefficient (Wildman–Crippen LogP) is 4.20. The molecule has 24 heavy (non-hydrogen) atoms. The third kappa shape index (κ3) is 4.97. The number of rotatable bonds is 8. The molecular formula is C18H18N2O2S2. The Labute approximate surface area is 149 Å². The summed E-state index contributed by atoms with van der Waals surface area (Å²) in [5.74, 6) is 2.19. The number of carbonyl (C=O) groups excluding carboxylic acids is 1. The van der Waals surface area contributed by atoms with Crippen LogP contribution in [-0.4, -0.2) is 21.5 Å². The van der Waals surface area contributed by atoms with Crippen molar-refractivity contribution in [2.45, 2.75) is 18.8 Å². The maximum absolute atomic E-state index is 12.6. The number of amides is 1. The number of furan rings is 1. The van der Waals surface area contributed by atoms with E-state index in [0.717, 1.165) is 11.5 Å². The van der Waals surface area contributed by atoms with Crippen LogP contribution >= 0.6 is 23.1 Å². The van der Waals surface area contributed by atoms with Gasteiger partial charge in [-0.2, -0.15) is 0 Å². The first-order chi connectivity index (χ1) is 11.8. The molecule has 6 heteroatoms. The third-order valence-electron chi connectivity index (χ3n) is 3.45. The van der Waals surface area contributed by atoms with Crippen LogP contribution in [0, 0.1) is 0 Å². The number of carbonyl (C=O) groups is 1. The Kier molecular flexibility index (Phi) is 6.09. The van der Waals surface area contributed by atoms with Crippen molar-refractivity contribution in [1.29, 1.82) is 0 Å². The standard InChI is InChI=1S/C18H18N2O2S2/c21-18(14-23-13-15-5-7-19-8-6-15)20(11-16-3-1-9-22-16)12-17-4-2-10-24-17/h1-10H,11-14H2. The van der Waals surface area contributed by atoms with Gasteiger partial charge in [0.15, 0.2) is 0 Å². The van der Waals surface area contributed by atoms with Gasteiger partial charge in [-0.25, -0.2) is 0 Å². The lowest BCUT2D eigenvalue weighted by atomic mass is 10.3. The Bertz CT molecular complexity index is 691. The fraction of sp³-hybridized carbons (Fsp3) is 0.222. The van der Waals surface area contributed by atoms with Crippen LogP contribution in [0.15, 0.2) is 64.9 Å². The van der Waals surface area contributed by atoms with Crippen molar-refractivity contribution in [2.24, 2.45) is 0 Å². The van der Waals surface area contributed by atoms with Gasteiger partial charge in [-0.1, -0.05) is 6.07 Å². The molecule has 3 aromatic rings. The molecule has 0 saturated carbocycles. The van der Waals surface area contributed by atoms with Gasteiger partial charge in [-0.3, -0.25) is 9.78 Å². The second-order valence-electron chi connectivity index (χ2n) is 5.26. The first-order valence-corrected chi connectivity index (χ1v) is 9.64. The van der Waals surface area contributed by atoms with E-state index in [2.05, 4.69) is 11.1 Å². The second-order valence-corrected chi connectivity index (χ2v) is 7.27. The van der Waals surface area contributed by atoms with Crippen LogP contribution in [0.4, 0.5) is 0 Å². The molecule has 1 amide bonds. The first-order valence-electron chi connectivity index (χ1n) is 7.60. The minimum Gasteiger partial charge on any atom is -0.467 e. The van der Waals surface area contributed by atoms with E-state index >= 15 is 0 Å². The topological polar surface area (TPSA) is 46.3 Å². The molecule has 0 unspecified atom stereocenters. The van der Waals surface area contributed by atoms with E-state index < -0.39 is 0 Å². The van der Waals surface area contributed by atoms with Crippen molar-refractivity contribution in [3.05, 3.63) is 76.6 Å². The summed E-state index contributed by atoms with van der Waals surface area (Å²) < 4.78 is 5.40. The summed E-state index contributed by atoms with van der Waals surface area (Å²) in [6, 6.07) is 11.8. The molecule has 3 aromatic heterocycles. The van der Waals surface area contributed by atoms with E-state index in [9.17, 15) is 4.79 Å². The highest BCUT2D eigenvalue weighted by Gasteiger charge is 2.16. The summed E-state index contributed by atoms with van der Waals surface area (Å²) in [7, 11) is 0. The molecule has 0 bridgehead atoms. The van der Waals surface area contributed by atoms with Gasteiger partial charge in [0.05, 0.1) is 25.1 Å². The predicted molar refractivity (Wildman–Crippen MR) is 97.7 cm³/mol. The molecule has 0 radical (unpaired) electrons. The van der Waals surface area contributed by atoms with Crippen LogP contribution in [0.5, 0.6) is 0 Å². The molecule has 0 atom stereocenters. The van der Waals surface area contributed by atoms with Crippen LogP contribution < -0.4 is 0 Å². The molecule has 0 aliphatic rings. The largest absolute Gasteiger partial charge is 0.467 e. The Morgan fingerprint density at radius 1 is 1.17 bits per heavy atom. The molecule has 0 aliphatic carbocycles. The van der Waals surface area contributed by atoms with Crippen molar-refractivity contribution >= 4 is 29.0 Å². The molecule has 0 aromatic carbocycles. The van der Waals surface area contributed by atoms with Crippen LogP contribution in [-0.2, 0) is 23.6 Å². The third-order valence-corrected chi connectivity index (χ3v) is 5.30. The maximum atomic E-state index is 12.6. The molecular weight excluding hydrogens is 340 g/mol. The van der Waals surface area contributed by atoms with Gasteiger partial charge in [0, 0.05) is 23.0 Å². The van der Waals surface area contributed by atoms with E-state index in [1.165, 1.54) is 10.4 Å². The normalized spacial score (nSPS) is 10.7. The van der Waals surface area contributed by atoms with Gasteiger partial charge < -0.3 is 9.32 Å². The van der Waals surface area contributed by atoms with Crippen molar-refractivity contribution in [3.8, 4) is 0 Å². The van der Waals surface area contributed by atoms with Crippen LogP contribution in [0.3, 0.4) is 0 Å². The van der Waals surface area contributed by atoms with Crippen molar-refractivity contribution in [2.75, 3.05) is 5.75 Å². The fourth-order valence-corrected chi connectivity index (χ4v) is 3.85. The summed E-state index contributed by atoms with van der Waals surface area (Å²) in [6.45, 7) is 1.12. The number of hydrogen-bond acceptors (Lipinski definition) is 5. The Balaban J connectivity index is 1.57. The monoisotopic (exact) mass is 358 g/mol. The number of nitrogens with zero attached hydrogens (tertiary/aromatic N) is 2. The summed E-state index contributed by atoms with van der Waals surface area (Å²) in [6.07, 6.45) is 5.19. The van der Waals surface area contributed by atoms with Gasteiger partial charge in [0.25, 0.3) is 0 Å². The molecule has 4 nitrogen and oxygen atoms in total. The zero-order valence-corrected chi connectivity index (χ0v) is 14.8. The number of hydrogen-bond donors (Lipinski definition) is 0. The molecule has 0 fully saturated rings. The summed E-state index contributed by atoms with van der Waals surface area (Å²) in [5.41, 5.74) is 1.18. The van der Waals surface area contributed by atoms with Crippen LogP contribution in [0.2, 0.25) is 0 Å². The highest BCUT2D eigenvalue weighted by atomic mass is 32.2. The van der Waals surface area contributed by atoms with E-state index in [1.54, 1.807) is 41.8 Å². The molecule has 0 N–H and O–H groups in total. The Morgan fingerprint density at radius 3 is 2.75 bits per heavy atom. The molecule has 0 spiro atoms. The highest BCUT2D eigenvalue weighted by molar-refractivity contribution is 7.99. The van der Waals surface area contributed by atoms with Crippen LogP contribution in [0.1, 0.15) is 16.2 Å². The SMILES string of the molecule is O=C(CSCc1ccncc1)N(Cc1ccco1)Cc1cccs1. The molecule has 3 rings (SSSR count). The zero-order chi connectivity index (χ0) is 16.6. The molecule has 124 valence electrons. The first kappa shape index (κ1) is 16.8. The van der Waals surface area contributed by atoms with E-state index in [-0.39, 0.29) is 5.91 Å². The lowest BCUT2D eigenvalue weighted by Crippen LogP contribution is -2.31. The smallest absolute Gasteiger partial charge is 0.233 e. The Morgan fingerprint density at radius 2 is 2.04 bits per heavy atom. The zero-order valence-electron chi connectivity index (χ0n) is 13.1. The molecule has 0 aliphatic heterocycles. The molecule has 3 heterocycles. The lowest BCUT2D eigenvalue weighted by molar-refractivity contribution is -0.129. The average molecular weight is 358 g/mol. The number of thioether (sulfide) groups is 1. The summed E-state index contributed by atoms with van der Waals surface area (Å²) in [4.78, 5) is 19.7. The van der Waals surface area contributed by atoms with Gasteiger partial charge in [-0.15, -0.1) is 23.1 Å². The van der Waals surface area contributed by atoms with Crippen molar-refractivity contribution < 1.29 is 9.21 Å². The van der Waals surface area contributed by atoms with Crippen molar-refractivity contribution in [3.63, 3.8) is 0 Å². The van der Waals surface area contributed by atoms with E-state index in [1.807, 2.05) is 40.6 Å². The number of thiophene rings is 1. The van der Waals surface area contributed by atoms with E-state index in [0.29, 0.717) is 18.8 Å². The van der Waals surface area contributed by atoms with Crippen LogP contribution in [0.25, 0.3) is 0 Å².